The van der Waals surface area contributed by atoms with Crippen molar-refractivity contribution < 1.29 is 23.4 Å². The zero-order valence-electron chi connectivity index (χ0n) is 9.46. The smallest absolute Gasteiger partial charge is 0.339 e. The minimum Gasteiger partial charge on any atom is -0.507 e. The second-order valence-corrected chi connectivity index (χ2v) is 5.95. The van der Waals surface area contributed by atoms with Crippen LogP contribution in [0.3, 0.4) is 0 Å². The van der Waals surface area contributed by atoms with Gasteiger partial charge in [-0.05, 0) is 31.0 Å². The van der Waals surface area contributed by atoms with Crippen LogP contribution in [0.5, 0.6) is 5.75 Å². The van der Waals surface area contributed by atoms with Crippen LogP contribution in [0, 0.1) is 0 Å². The maximum absolute atomic E-state index is 11.9. The molecule has 6 nitrogen and oxygen atoms in total. The fraction of sp³-hybridized carbons (Fsp3) is 0.364. The molecule has 1 aliphatic rings. The van der Waals surface area contributed by atoms with Crippen LogP contribution in [0.2, 0.25) is 0 Å². The van der Waals surface area contributed by atoms with Crippen molar-refractivity contribution in [2.45, 2.75) is 30.2 Å². The Hall–Kier alpha value is -1.60. The highest BCUT2D eigenvalue weighted by Crippen LogP contribution is 2.24. The summed E-state index contributed by atoms with van der Waals surface area (Å²) >= 11 is 0. The quantitative estimate of drug-likeness (QED) is 0.755. The summed E-state index contributed by atoms with van der Waals surface area (Å²) in [6.07, 6.45) is 2.58. The molecule has 1 fully saturated rings. The molecule has 0 bridgehead atoms. The number of carboxylic acids is 1. The predicted molar refractivity (Wildman–Crippen MR) is 63.0 cm³/mol. The minimum atomic E-state index is -3.72. The SMILES string of the molecule is O=C(O)c1cc(S(=O)(=O)NC2CCC2)ccc1O. The lowest BCUT2D eigenvalue weighted by Gasteiger charge is -2.26. The minimum absolute atomic E-state index is 0.0721. The maximum atomic E-state index is 11.9. The Labute approximate surface area is 104 Å². The predicted octanol–water partition coefficient (Wildman–Crippen LogP) is 0.921. The van der Waals surface area contributed by atoms with Crippen molar-refractivity contribution in [1.29, 1.82) is 0 Å². The van der Waals surface area contributed by atoms with Gasteiger partial charge in [0.2, 0.25) is 10.0 Å². The number of aromatic carboxylic acids is 1. The second-order valence-electron chi connectivity index (χ2n) is 4.23. The third-order valence-electron chi connectivity index (χ3n) is 2.94. The largest absolute Gasteiger partial charge is 0.507 e. The summed E-state index contributed by atoms with van der Waals surface area (Å²) in [4.78, 5) is 10.7. The fourth-order valence-corrected chi connectivity index (χ4v) is 3.00. The standard InChI is InChI=1S/C11H13NO5S/c13-10-5-4-8(6-9(10)11(14)15)18(16,17)12-7-2-1-3-7/h4-7,12-13H,1-3H2,(H,14,15). The molecule has 0 aromatic heterocycles. The van der Waals surface area contributed by atoms with Crippen molar-refractivity contribution in [1.82, 2.24) is 4.72 Å². The fourth-order valence-electron chi connectivity index (χ4n) is 1.67. The summed E-state index contributed by atoms with van der Waals surface area (Å²) in [6.45, 7) is 0. The van der Waals surface area contributed by atoms with E-state index in [0.717, 1.165) is 31.4 Å². The number of rotatable bonds is 4. The molecule has 0 aliphatic heterocycles. The molecule has 1 aromatic carbocycles. The second kappa shape index (κ2) is 4.58. The van der Waals surface area contributed by atoms with Crippen LogP contribution in [-0.2, 0) is 10.0 Å². The van der Waals surface area contributed by atoms with E-state index >= 15 is 0 Å². The van der Waals surface area contributed by atoms with Gasteiger partial charge in [0.15, 0.2) is 0 Å². The van der Waals surface area contributed by atoms with E-state index in [4.69, 9.17) is 5.11 Å². The molecule has 0 amide bonds. The van der Waals surface area contributed by atoms with Crippen LogP contribution in [0.4, 0.5) is 0 Å². The highest BCUT2D eigenvalue weighted by Gasteiger charge is 2.25. The summed E-state index contributed by atoms with van der Waals surface area (Å²) in [5.74, 6) is -1.82. The Kier molecular flexibility index (Phi) is 3.27. The molecular formula is C11H13NO5S. The van der Waals surface area contributed by atoms with E-state index in [-0.39, 0.29) is 10.9 Å². The first kappa shape index (κ1) is 12.8. The summed E-state index contributed by atoms with van der Waals surface area (Å²) in [6, 6.07) is 3.14. The molecule has 7 heteroatoms. The molecule has 0 spiro atoms. The van der Waals surface area contributed by atoms with Gasteiger partial charge in [-0.1, -0.05) is 6.42 Å². The molecule has 2 rings (SSSR count). The average molecular weight is 271 g/mol. The lowest BCUT2D eigenvalue weighted by Crippen LogP contribution is -2.39. The van der Waals surface area contributed by atoms with E-state index in [1.165, 1.54) is 6.07 Å². The normalized spacial score (nSPS) is 16.2. The number of carbonyl (C=O) groups is 1. The molecule has 1 saturated carbocycles. The van der Waals surface area contributed by atoms with Crippen LogP contribution in [0.1, 0.15) is 29.6 Å². The van der Waals surface area contributed by atoms with E-state index in [9.17, 15) is 18.3 Å². The van der Waals surface area contributed by atoms with E-state index in [0.29, 0.717) is 0 Å². The van der Waals surface area contributed by atoms with Crippen molar-refractivity contribution >= 4 is 16.0 Å². The zero-order chi connectivity index (χ0) is 13.3. The van der Waals surface area contributed by atoms with Crippen molar-refractivity contribution in [3.8, 4) is 5.75 Å². The van der Waals surface area contributed by atoms with E-state index < -0.39 is 27.3 Å². The summed E-state index contributed by atoms with van der Waals surface area (Å²) in [5, 5.41) is 18.1. The Balaban J connectivity index is 2.32. The van der Waals surface area contributed by atoms with Crippen molar-refractivity contribution in [2.75, 3.05) is 0 Å². The number of phenols is 1. The van der Waals surface area contributed by atoms with Gasteiger partial charge in [0.05, 0.1) is 4.90 Å². The van der Waals surface area contributed by atoms with Crippen molar-refractivity contribution in [2.24, 2.45) is 0 Å². The average Bonchev–Trinajstić information content (AvgIpc) is 2.23. The van der Waals surface area contributed by atoms with Gasteiger partial charge in [0.25, 0.3) is 0 Å². The van der Waals surface area contributed by atoms with Crippen LogP contribution < -0.4 is 4.72 Å². The van der Waals surface area contributed by atoms with Crippen molar-refractivity contribution in [3.63, 3.8) is 0 Å². The number of carboxylic acid groups (broad SMARTS) is 1. The van der Waals surface area contributed by atoms with Gasteiger partial charge in [-0.3, -0.25) is 0 Å². The first-order valence-corrected chi connectivity index (χ1v) is 6.97. The molecule has 0 unspecified atom stereocenters. The Morgan fingerprint density at radius 2 is 2.00 bits per heavy atom. The lowest BCUT2D eigenvalue weighted by molar-refractivity contribution is 0.0693. The molecule has 0 radical (unpaired) electrons. The van der Waals surface area contributed by atoms with E-state index in [2.05, 4.69) is 4.72 Å². The molecule has 0 heterocycles. The van der Waals surface area contributed by atoms with Gasteiger partial charge in [-0.15, -0.1) is 0 Å². The van der Waals surface area contributed by atoms with E-state index in [1.807, 2.05) is 0 Å². The van der Waals surface area contributed by atoms with Gasteiger partial charge in [-0.25, -0.2) is 17.9 Å². The van der Waals surface area contributed by atoms with Gasteiger partial charge in [-0.2, -0.15) is 0 Å². The Morgan fingerprint density at radius 1 is 1.33 bits per heavy atom. The lowest BCUT2D eigenvalue weighted by atomic mass is 9.94. The van der Waals surface area contributed by atoms with Gasteiger partial charge in [0, 0.05) is 6.04 Å². The number of hydrogen-bond donors (Lipinski definition) is 3. The van der Waals surface area contributed by atoms with Gasteiger partial charge in [0.1, 0.15) is 11.3 Å². The van der Waals surface area contributed by atoms with Gasteiger partial charge < -0.3 is 10.2 Å². The van der Waals surface area contributed by atoms with Crippen LogP contribution in [-0.4, -0.2) is 30.6 Å². The third-order valence-corrected chi connectivity index (χ3v) is 4.45. The zero-order valence-corrected chi connectivity index (χ0v) is 10.3. The highest BCUT2D eigenvalue weighted by molar-refractivity contribution is 7.89. The summed E-state index contributed by atoms with van der Waals surface area (Å²) in [7, 11) is -3.72. The molecular weight excluding hydrogens is 258 g/mol. The Bertz CT molecular complexity index is 577. The third kappa shape index (κ3) is 2.46. The summed E-state index contributed by atoms with van der Waals surface area (Å²) in [5.41, 5.74) is -0.425. The number of nitrogens with one attached hydrogen (secondary N) is 1. The number of benzene rings is 1. The maximum Gasteiger partial charge on any atom is 0.339 e. The Morgan fingerprint density at radius 3 is 2.50 bits per heavy atom. The number of sulfonamides is 1. The topological polar surface area (TPSA) is 104 Å². The number of hydrogen-bond acceptors (Lipinski definition) is 4. The summed E-state index contributed by atoms with van der Waals surface area (Å²) < 4.78 is 26.4. The van der Waals surface area contributed by atoms with E-state index in [1.54, 1.807) is 0 Å². The number of aromatic hydroxyl groups is 1. The first-order chi connectivity index (χ1) is 8.40. The molecule has 18 heavy (non-hydrogen) atoms. The molecule has 0 saturated heterocycles. The molecule has 1 aromatic rings. The first-order valence-electron chi connectivity index (χ1n) is 5.49. The monoisotopic (exact) mass is 271 g/mol. The molecule has 98 valence electrons. The van der Waals surface area contributed by atoms with Crippen LogP contribution >= 0.6 is 0 Å². The van der Waals surface area contributed by atoms with Gasteiger partial charge >= 0.3 is 5.97 Å². The van der Waals surface area contributed by atoms with Crippen LogP contribution in [0.15, 0.2) is 23.1 Å². The van der Waals surface area contributed by atoms with Crippen molar-refractivity contribution in [3.05, 3.63) is 23.8 Å². The molecule has 3 N–H and O–H groups in total. The molecule has 1 aliphatic carbocycles. The van der Waals surface area contributed by atoms with Crippen LogP contribution in [0.25, 0.3) is 0 Å². The highest BCUT2D eigenvalue weighted by atomic mass is 32.2. The molecule has 0 atom stereocenters.